The summed E-state index contributed by atoms with van der Waals surface area (Å²) in [6.45, 7) is 3.86. The van der Waals surface area contributed by atoms with Crippen molar-refractivity contribution >= 4 is 43.5 Å². The lowest BCUT2D eigenvalue weighted by molar-refractivity contribution is -0.140. The number of hydrogen-bond acceptors (Lipinski definition) is 5. The molecule has 8 nitrogen and oxygen atoms in total. The number of aryl methyl sites for hydroxylation is 1. The Morgan fingerprint density at radius 1 is 1.00 bits per heavy atom. The highest BCUT2D eigenvalue weighted by atomic mass is 79.9. The van der Waals surface area contributed by atoms with Crippen molar-refractivity contribution in [3.8, 4) is 5.75 Å². The standard InChI is InChI=1S/C30H36BrN3O5S/c1-5-17-32-30(36)27(19-23-9-7-6-8-10-23)33(20-24-12-14-25(31)15-13-24)29(35)21-34(40(4,37)38)26-18-22(2)11-16-28(26)39-3/h6-16,18,27H,5,17,19-21H2,1-4H3,(H,32,36). The summed E-state index contributed by atoms with van der Waals surface area (Å²) in [5.41, 5.74) is 2.76. The number of nitrogens with zero attached hydrogens (tertiary/aromatic N) is 2. The van der Waals surface area contributed by atoms with E-state index in [-0.39, 0.29) is 24.6 Å². The van der Waals surface area contributed by atoms with E-state index in [1.54, 1.807) is 18.2 Å². The number of benzene rings is 3. The molecule has 0 aliphatic heterocycles. The van der Waals surface area contributed by atoms with Gasteiger partial charge in [-0.1, -0.05) is 71.4 Å². The van der Waals surface area contributed by atoms with Gasteiger partial charge in [0.05, 0.1) is 19.1 Å². The van der Waals surface area contributed by atoms with Crippen molar-refractivity contribution in [1.82, 2.24) is 10.2 Å². The summed E-state index contributed by atoms with van der Waals surface area (Å²) in [5.74, 6) is -0.482. The van der Waals surface area contributed by atoms with Gasteiger partial charge < -0.3 is 15.0 Å². The third-order valence-corrected chi connectivity index (χ3v) is 8.02. The number of methoxy groups -OCH3 is 1. The molecular weight excluding hydrogens is 594 g/mol. The fourth-order valence-electron chi connectivity index (χ4n) is 4.30. The molecule has 0 aliphatic carbocycles. The Balaban J connectivity index is 2.08. The highest BCUT2D eigenvalue weighted by molar-refractivity contribution is 9.10. The molecule has 1 unspecified atom stereocenters. The third kappa shape index (κ3) is 8.56. The van der Waals surface area contributed by atoms with Gasteiger partial charge in [-0.3, -0.25) is 13.9 Å². The first-order valence-electron chi connectivity index (χ1n) is 13.0. The molecule has 0 spiro atoms. The molecule has 214 valence electrons. The quantitative estimate of drug-likeness (QED) is 0.296. The first kappa shape index (κ1) is 31.2. The van der Waals surface area contributed by atoms with Crippen LogP contribution in [0.25, 0.3) is 0 Å². The second-order valence-electron chi connectivity index (χ2n) is 9.59. The molecule has 1 N–H and O–H groups in total. The van der Waals surface area contributed by atoms with Crippen molar-refractivity contribution in [2.24, 2.45) is 0 Å². The summed E-state index contributed by atoms with van der Waals surface area (Å²) in [6, 6.07) is 21.2. The van der Waals surface area contributed by atoms with Crippen LogP contribution in [0.5, 0.6) is 5.75 Å². The lowest BCUT2D eigenvalue weighted by Gasteiger charge is -2.33. The topological polar surface area (TPSA) is 96.0 Å². The predicted octanol–water partition coefficient (Wildman–Crippen LogP) is 4.70. The number of halogens is 1. The fraction of sp³-hybridized carbons (Fsp3) is 0.333. The molecule has 3 aromatic rings. The zero-order valence-electron chi connectivity index (χ0n) is 23.3. The van der Waals surface area contributed by atoms with E-state index in [1.807, 2.05) is 68.4 Å². The summed E-state index contributed by atoms with van der Waals surface area (Å²) in [7, 11) is -2.45. The average molecular weight is 631 g/mol. The first-order chi connectivity index (χ1) is 19.0. The molecule has 0 aromatic heterocycles. The Labute approximate surface area is 245 Å². The molecular formula is C30H36BrN3O5S. The highest BCUT2D eigenvalue weighted by Crippen LogP contribution is 2.31. The third-order valence-electron chi connectivity index (χ3n) is 6.37. The minimum Gasteiger partial charge on any atom is -0.495 e. The van der Waals surface area contributed by atoms with Crippen molar-refractivity contribution in [2.45, 2.75) is 39.3 Å². The van der Waals surface area contributed by atoms with Gasteiger partial charge in [0.15, 0.2) is 0 Å². The van der Waals surface area contributed by atoms with Crippen LogP contribution in [0.4, 0.5) is 5.69 Å². The Morgan fingerprint density at radius 2 is 1.68 bits per heavy atom. The smallest absolute Gasteiger partial charge is 0.244 e. The maximum Gasteiger partial charge on any atom is 0.244 e. The molecule has 0 radical (unpaired) electrons. The number of hydrogen-bond donors (Lipinski definition) is 1. The average Bonchev–Trinajstić information content (AvgIpc) is 2.93. The second kappa shape index (κ2) is 14.3. The van der Waals surface area contributed by atoms with Crippen molar-refractivity contribution in [1.29, 1.82) is 0 Å². The van der Waals surface area contributed by atoms with Crippen molar-refractivity contribution < 1.29 is 22.7 Å². The molecule has 0 saturated heterocycles. The van der Waals surface area contributed by atoms with Gasteiger partial charge in [-0.15, -0.1) is 0 Å². The molecule has 2 amide bonds. The van der Waals surface area contributed by atoms with E-state index in [0.717, 1.165) is 38.1 Å². The predicted molar refractivity (Wildman–Crippen MR) is 162 cm³/mol. The van der Waals surface area contributed by atoms with Gasteiger partial charge in [0, 0.05) is 24.0 Å². The SMILES string of the molecule is CCCNC(=O)C(Cc1ccccc1)N(Cc1ccc(Br)cc1)C(=O)CN(c1cc(C)ccc1OC)S(C)(=O)=O. The van der Waals surface area contributed by atoms with E-state index in [0.29, 0.717) is 12.3 Å². The number of carbonyl (C=O) groups is 2. The van der Waals surface area contributed by atoms with Crippen LogP contribution in [0.1, 0.15) is 30.0 Å². The van der Waals surface area contributed by atoms with E-state index in [4.69, 9.17) is 4.74 Å². The van der Waals surface area contributed by atoms with Gasteiger partial charge in [-0.25, -0.2) is 8.42 Å². The second-order valence-corrected chi connectivity index (χ2v) is 12.4. The van der Waals surface area contributed by atoms with Gasteiger partial charge in [0.1, 0.15) is 18.3 Å². The molecule has 0 saturated carbocycles. The van der Waals surface area contributed by atoms with Crippen LogP contribution in [-0.2, 0) is 32.6 Å². The van der Waals surface area contributed by atoms with Crippen LogP contribution < -0.4 is 14.4 Å². The Kier molecular flexibility index (Phi) is 11.2. The molecule has 3 aromatic carbocycles. The zero-order valence-corrected chi connectivity index (χ0v) is 25.7. The van der Waals surface area contributed by atoms with Gasteiger partial charge in [-0.05, 0) is 54.3 Å². The number of sulfonamides is 1. The van der Waals surface area contributed by atoms with Crippen LogP contribution in [0.3, 0.4) is 0 Å². The minimum atomic E-state index is -3.89. The summed E-state index contributed by atoms with van der Waals surface area (Å²) in [5, 5.41) is 2.93. The van der Waals surface area contributed by atoms with Gasteiger partial charge in [0.25, 0.3) is 0 Å². The van der Waals surface area contributed by atoms with Crippen LogP contribution in [0, 0.1) is 6.92 Å². The lowest BCUT2D eigenvalue weighted by Crippen LogP contribution is -2.53. The maximum atomic E-state index is 14.1. The van der Waals surface area contributed by atoms with Crippen molar-refractivity contribution in [3.05, 3.63) is 94.0 Å². The number of anilines is 1. The van der Waals surface area contributed by atoms with Crippen LogP contribution in [-0.4, -0.2) is 57.6 Å². The summed E-state index contributed by atoms with van der Waals surface area (Å²) in [4.78, 5) is 29.1. The number of amides is 2. The van der Waals surface area contributed by atoms with Crippen molar-refractivity contribution in [2.75, 3.05) is 30.8 Å². The number of carbonyl (C=O) groups excluding carboxylic acids is 2. The largest absolute Gasteiger partial charge is 0.495 e. The van der Waals surface area contributed by atoms with Gasteiger partial charge >= 0.3 is 0 Å². The van der Waals surface area contributed by atoms with E-state index in [1.165, 1.54) is 12.0 Å². The van der Waals surface area contributed by atoms with E-state index >= 15 is 0 Å². The van der Waals surface area contributed by atoms with Crippen LogP contribution in [0.15, 0.2) is 77.3 Å². The Morgan fingerprint density at radius 3 is 2.27 bits per heavy atom. The summed E-state index contributed by atoms with van der Waals surface area (Å²) < 4.78 is 33.4. The van der Waals surface area contributed by atoms with E-state index < -0.39 is 28.5 Å². The monoisotopic (exact) mass is 629 g/mol. The minimum absolute atomic E-state index is 0.117. The van der Waals surface area contributed by atoms with Crippen LogP contribution >= 0.6 is 15.9 Å². The molecule has 10 heteroatoms. The molecule has 0 heterocycles. The molecule has 0 bridgehead atoms. The van der Waals surface area contributed by atoms with Gasteiger partial charge in [-0.2, -0.15) is 0 Å². The lowest BCUT2D eigenvalue weighted by atomic mass is 10.0. The summed E-state index contributed by atoms with van der Waals surface area (Å²) in [6.07, 6.45) is 2.06. The highest BCUT2D eigenvalue weighted by Gasteiger charge is 2.33. The van der Waals surface area contributed by atoms with E-state index in [2.05, 4.69) is 21.2 Å². The molecule has 40 heavy (non-hydrogen) atoms. The maximum absolute atomic E-state index is 14.1. The summed E-state index contributed by atoms with van der Waals surface area (Å²) >= 11 is 3.44. The Bertz CT molecular complexity index is 1400. The van der Waals surface area contributed by atoms with Crippen LogP contribution in [0.2, 0.25) is 0 Å². The fourth-order valence-corrected chi connectivity index (χ4v) is 5.41. The molecule has 1 atom stereocenters. The van der Waals surface area contributed by atoms with E-state index in [9.17, 15) is 18.0 Å². The zero-order chi connectivity index (χ0) is 29.3. The first-order valence-corrected chi connectivity index (χ1v) is 15.7. The van der Waals surface area contributed by atoms with Gasteiger partial charge in [0.2, 0.25) is 21.8 Å². The molecule has 0 fully saturated rings. The molecule has 0 aliphatic rings. The van der Waals surface area contributed by atoms with Crippen molar-refractivity contribution in [3.63, 3.8) is 0 Å². The normalized spacial score (nSPS) is 11.9. The number of rotatable bonds is 13. The molecule has 3 rings (SSSR count). The number of nitrogens with one attached hydrogen (secondary N) is 1. The number of ether oxygens (including phenoxy) is 1. The Hall–Kier alpha value is -3.37.